The molecule has 0 bridgehead atoms. The Labute approximate surface area is 84.1 Å². The quantitative estimate of drug-likeness (QED) is 0.332. The third-order valence-electron chi connectivity index (χ3n) is 2.18. The second-order valence-corrected chi connectivity index (χ2v) is 3.12. The summed E-state index contributed by atoms with van der Waals surface area (Å²) in [6, 6.07) is 3.31. The number of benzene rings is 2. The fraction of sp³-hybridized carbons (Fsp3) is 0. The molecule has 2 aromatic carbocycles. The van der Waals surface area contributed by atoms with E-state index in [1.165, 1.54) is 6.07 Å². The molecule has 2 aromatic rings. The Bertz CT molecular complexity index is 547. The summed E-state index contributed by atoms with van der Waals surface area (Å²) >= 11 is 0. The van der Waals surface area contributed by atoms with Gasteiger partial charge in [-0.05, 0) is 12.1 Å². The van der Waals surface area contributed by atoms with E-state index in [2.05, 4.69) is 0 Å². The first-order valence-electron chi connectivity index (χ1n) is 4.11. The van der Waals surface area contributed by atoms with Crippen molar-refractivity contribution in [2.45, 2.75) is 0 Å². The molecule has 0 spiro atoms. The van der Waals surface area contributed by atoms with E-state index in [1.807, 2.05) is 0 Å². The maximum absolute atomic E-state index is 9.45. The van der Waals surface area contributed by atoms with Crippen LogP contribution in [0.15, 0.2) is 18.2 Å². The van der Waals surface area contributed by atoms with Crippen LogP contribution >= 0.6 is 0 Å². The van der Waals surface area contributed by atoms with E-state index in [1.54, 1.807) is 0 Å². The number of fused-ring (bicyclic) bond motifs is 1. The highest BCUT2D eigenvalue weighted by atomic mass is 16.3. The fourth-order valence-electron chi connectivity index (χ4n) is 1.44. The Balaban J connectivity index is 3.03. The molecule has 0 radical (unpaired) electrons. The molecular weight excluding hydrogens is 200 g/mol. The zero-order chi connectivity index (χ0) is 11.2. The molecule has 0 atom stereocenters. The molecule has 2 rings (SSSR count). The molecule has 0 aromatic heterocycles. The maximum Gasteiger partial charge on any atom is 0.169 e. The lowest BCUT2D eigenvalue weighted by atomic mass is 10.1. The smallest absolute Gasteiger partial charge is 0.169 e. The molecule has 78 valence electrons. The highest BCUT2D eigenvalue weighted by Crippen LogP contribution is 2.46. The van der Waals surface area contributed by atoms with Gasteiger partial charge in [0.05, 0.1) is 5.39 Å². The molecule has 0 saturated heterocycles. The fourth-order valence-corrected chi connectivity index (χ4v) is 1.44. The molecule has 0 amide bonds. The van der Waals surface area contributed by atoms with Gasteiger partial charge in [-0.1, -0.05) is 0 Å². The standard InChI is InChI=1S/C10H8O5/c11-5-2-1-4-8(10(5)15)6(12)3-7(13)9(4)14/h1-3,11-15H. The Kier molecular flexibility index (Phi) is 1.76. The average molecular weight is 208 g/mol. The van der Waals surface area contributed by atoms with Crippen LogP contribution in [0.25, 0.3) is 10.8 Å². The zero-order valence-electron chi connectivity index (χ0n) is 7.47. The largest absolute Gasteiger partial charge is 0.507 e. The van der Waals surface area contributed by atoms with Gasteiger partial charge in [0.2, 0.25) is 0 Å². The third kappa shape index (κ3) is 1.17. The highest BCUT2D eigenvalue weighted by molar-refractivity contribution is 6.00. The Hall–Kier alpha value is -2.30. The molecule has 5 N–H and O–H groups in total. The van der Waals surface area contributed by atoms with Crippen LogP contribution in [0.5, 0.6) is 28.7 Å². The predicted octanol–water partition coefficient (Wildman–Crippen LogP) is 1.37. The van der Waals surface area contributed by atoms with Gasteiger partial charge in [-0.25, -0.2) is 0 Å². The molecule has 0 saturated carbocycles. The summed E-state index contributed by atoms with van der Waals surface area (Å²) in [4.78, 5) is 0. The minimum atomic E-state index is -0.541. The van der Waals surface area contributed by atoms with Gasteiger partial charge in [-0.15, -0.1) is 0 Å². The van der Waals surface area contributed by atoms with Gasteiger partial charge in [0.1, 0.15) is 5.75 Å². The number of aromatic hydroxyl groups is 5. The average Bonchev–Trinajstić information content (AvgIpc) is 2.18. The molecule has 5 nitrogen and oxygen atoms in total. The van der Waals surface area contributed by atoms with Crippen LogP contribution in [0.1, 0.15) is 0 Å². The Morgan fingerprint density at radius 2 is 1.33 bits per heavy atom. The molecule has 5 heteroatoms. The van der Waals surface area contributed by atoms with E-state index >= 15 is 0 Å². The lowest BCUT2D eigenvalue weighted by Gasteiger charge is -2.08. The topological polar surface area (TPSA) is 101 Å². The molecular formula is C10H8O5. The van der Waals surface area contributed by atoms with Crippen LogP contribution in [0.3, 0.4) is 0 Å². The maximum atomic E-state index is 9.45. The lowest BCUT2D eigenvalue weighted by Crippen LogP contribution is -1.79. The molecule has 0 unspecified atom stereocenters. The first kappa shape index (κ1) is 9.26. The van der Waals surface area contributed by atoms with Crippen molar-refractivity contribution in [2.75, 3.05) is 0 Å². The minimum Gasteiger partial charge on any atom is -0.507 e. The Morgan fingerprint density at radius 1 is 0.667 bits per heavy atom. The van der Waals surface area contributed by atoms with E-state index in [9.17, 15) is 25.5 Å². The van der Waals surface area contributed by atoms with Crippen molar-refractivity contribution in [3.8, 4) is 28.7 Å². The van der Waals surface area contributed by atoms with Crippen LogP contribution in [-0.4, -0.2) is 25.5 Å². The van der Waals surface area contributed by atoms with Crippen molar-refractivity contribution in [1.29, 1.82) is 0 Å². The van der Waals surface area contributed by atoms with Crippen LogP contribution in [0, 0.1) is 0 Å². The number of hydrogen-bond acceptors (Lipinski definition) is 5. The van der Waals surface area contributed by atoms with Crippen molar-refractivity contribution in [2.24, 2.45) is 0 Å². The predicted molar refractivity (Wildman–Crippen MR) is 52.3 cm³/mol. The summed E-state index contributed by atoms with van der Waals surface area (Å²) in [7, 11) is 0. The van der Waals surface area contributed by atoms with Gasteiger partial charge < -0.3 is 25.5 Å². The summed E-state index contributed by atoms with van der Waals surface area (Å²) in [6.07, 6.45) is 0. The highest BCUT2D eigenvalue weighted by Gasteiger charge is 2.15. The number of hydrogen-bond donors (Lipinski definition) is 5. The van der Waals surface area contributed by atoms with E-state index < -0.39 is 28.7 Å². The van der Waals surface area contributed by atoms with Crippen LogP contribution < -0.4 is 0 Å². The summed E-state index contributed by atoms with van der Waals surface area (Å²) in [5, 5.41) is 46.7. The van der Waals surface area contributed by atoms with E-state index in [-0.39, 0.29) is 10.8 Å². The second-order valence-electron chi connectivity index (χ2n) is 3.12. The first-order valence-corrected chi connectivity index (χ1v) is 4.11. The van der Waals surface area contributed by atoms with E-state index in [4.69, 9.17) is 0 Å². The number of phenols is 5. The summed E-state index contributed by atoms with van der Waals surface area (Å²) in [6.45, 7) is 0. The van der Waals surface area contributed by atoms with Gasteiger partial charge >= 0.3 is 0 Å². The van der Waals surface area contributed by atoms with Crippen LogP contribution in [0.2, 0.25) is 0 Å². The van der Waals surface area contributed by atoms with Crippen molar-refractivity contribution in [1.82, 2.24) is 0 Å². The first-order chi connectivity index (χ1) is 7.02. The van der Waals surface area contributed by atoms with Gasteiger partial charge in [0.15, 0.2) is 23.0 Å². The zero-order valence-corrected chi connectivity index (χ0v) is 7.47. The van der Waals surface area contributed by atoms with Gasteiger partial charge in [0.25, 0.3) is 0 Å². The molecule has 0 aliphatic carbocycles. The third-order valence-corrected chi connectivity index (χ3v) is 2.18. The van der Waals surface area contributed by atoms with Crippen LogP contribution in [0.4, 0.5) is 0 Å². The monoisotopic (exact) mass is 208 g/mol. The summed E-state index contributed by atoms with van der Waals surface area (Å²) in [5.74, 6) is -2.33. The van der Waals surface area contributed by atoms with Gasteiger partial charge in [-0.2, -0.15) is 0 Å². The summed E-state index contributed by atoms with van der Waals surface area (Å²) < 4.78 is 0. The van der Waals surface area contributed by atoms with Crippen molar-refractivity contribution < 1.29 is 25.5 Å². The molecule has 15 heavy (non-hydrogen) atoms. The van der Waals surface area contributed by atoms with Gasteiger partial charge in [-0.3, -0.25) is 0 Å². The molecule has 0 fully saturated rings. The van der Waals surface area contributed by atoms with Crippen molar-refractivity contribution in [3.05, 3.63) is 18.2 Å². The lowest BCUT2D eigenvalue weighted by molar-refractivity contribution is 0.395. The van der Waals surface area contributed by atoms with E-state index in [0.717, 1.165) is 12.1 Å². The SMILES string of the molecule is Oc1cc(O)c2c(O)c(O)ccc2c1O. The molecule has 0 heterocycles. The Morgan fingerprint density at radius 3 is 2.00 bits per heavy atom. The van der Waals surface area contributed by atoms with Crippen LogP contribution in [-0.2, 0) is 0 Å². The van der Waals surface area contributed by atoms with E-state index in [0.29, 0.717) is 0 Å². The molecule has 0 aliphatic heterocycles. The molecule has 0 aliphatic rings. The van der Waals surface area contributed by atoms with Gasteiger partial charge in [0, 0.05) is 11.5 Å². The minimum absolute atomic E-state index is 0.0581. The van der Waals surface area contributed by atoms with Crippen molar-refractivity contribution >= 4 is 10.8 Å². The second kappa shape index (κ2) is 2.84. The van der Waals surface area contributed by atoms with Crippen molar-refractivity contribution in [3.63, 3.8) is 0 Å². The number of phenolic OH excluding ortho intramolecular Hbond substituents is 5. The normalized spacial score (nSPS) is 10.7. The number of rotatable bonds is 0. The summed E-state index contributed by atoms with van der Waals surface area (Å²) in [5.41, 5.74) is 0.